The summed E-state index contributed by atoms with van der Waals surface area (Å²) in [5.41, 5.74) is 4.51. The van der Waals surface area contributed by atoms with Crippen LogP contribution >= 0.6 is 7.82 Å². The molecule has 8 heteroatoms. The maximum Gasteiger partial charge on any atom is 0.331 e. The average molecular weight is 491 g/mol. The SMILES string of the molecule is CNC([CH]OP(=O)([O-])[O-])C(=O)Oc1cc(C)c2c(c1)C[C@H]1C2(C)CCC2C(C)(C)CCC[C@@]21C. The molecule has 1 aromatic rings. The second-order valence-corrected chi connectivity index (χ2v) is 12.9. The maximum absolute atomic E-state index is 12.6. The number of aryl methyl sites for hydroxylation is 1. The summed E-state index contributed by atoms with van der Waals surface area (Å²) in [6.07, 6.45) is 7.22. The molecule has 3 unspecified atom stereocenters. The zero-order valence-electron chi connectivity index (χ0n) is 21.1. The number of phosphoric ester groups is 1. The van der Waals surface area contributed by atoms with Gasteiger partial charge in [0.1, 0.15) is 18.4 Å². The van der Waals surface area contributed by atoms with Crippen molar-refractivity contribution in [2.45, 2.75) is 84.6 Å². The lowest BCUT2D eigenvalue weighted by atomic mass is 9.43. The summed E-state index contributed by atoms with van der Waals surface area (Å²) in [6, 6.07) is 2.67. The molecule has 0 amide bonds. The van der Waals surface area contributed by atoms with Gasteiger partial charge in [0, 0.05) is 0 Å². The Morgan fingerprint density at radius 3 is 2.53 bits per heavy atom. The van der Waals surface area contributed by atoms with Gasteiger partial charge in [-0.25, -0.2) is 4.79 Å². The van der Waals surface area contributed by atoms with E-state index in [0.717, 1.165) is 12.0 Å². The molecule has 5 atom stereocenters. The number of carbonyl (C=O) groups is 1. The molecule has 34 heavy (non-hydrogen) atoms. The predicted octanol–water partition coefficient (Wildman–Crippen LogP) is 3.55. The van der Waals surface area contributed by atoms with Gasteiger partial charge in [0.2, 0.25) is 0 Å². The first-order valence-electron chi connectivity index (χ1n) is 12.3. The number of ether oxygens (including phenoxy) is 1. The Balaban J connectivity index is 1.59. The molecule has 0 aromatic heterocycles. The van der Waals surface area contributed by atoms with Crippen LogP contribution in [0.4, 0.5) is 0 Å². The highest BCUT2D eigenvalue weighted by molar-refractivity contribution is 7.43. The summed E-state index contributed by atoms with van der Waals surface area (Å²) < 4.78 is 20.5. The first kappa shape index (κ1) is 25.8. The van der Waals surface area contributed by atoms with Gasteiger partial charge in [-0.3, -0.25) is 0 Å². The van der Waals surface area contributed by atoms with Crippen molar-refractivity contribution >= 4 is 13.8 Å². The highest BCUT2D eigenvalue weighted by Crippen LogP contribution is 2.67. The number of rotatable bonds is 6. The van der Waals surface area contributed by atoms with Gasteiger partial charge < -0.3 is 28.9 Å². The third kappa shape index (κ3) is 4.39. The van der Waals surface area contributed by atoms with E-state index in [0.29, 0.717) is 29.6 Å². The van der Waals surface area contributed by atoms with Gasteiger partial charge in [0.05, 0.1) is 7.82 Å². The Kier molecular flexibility index (Phi) is 6.61. The maximum atomic E-state index is 12.6. The van der Waals surface area contributed by atoms with E-state index in [9.17, 15) is 19.1 Å². The van der Waals surface area contributed by atoms with Crippen LogP contribution in [0.2, 0.25) is 0 Å². The van der Waals surface area contributed by atoms with Crippen LogP contribution in [-0.4, -0.2) is 19.1 Å². The standard InChI is InChI=1S/C26H39NO6P/c1-16-12-18(33-23(28)19(27-6)15-32-34(29,30)31)13-17-14-21-25(4)10-7-9-24(2,3)20(25)8-11-26(21,5)22(16)17/h12-13,15,19-21,27H,7-11,14H2,1-6H3,(H2,29,30,31)/p-2/t19?,20?,21-,25+,26?/m1/s1. The smallest absolute Gasteiger partial charge is 0.331 e. The number of fused-ring (bicyclic) bond motifs is 5. The van der Waals surface area contributed by atoms with Crippen LogP contribution in [0.5, 0.6) is 5.75 Å². The quantitative estimate of drug-likeness (QED) is 0.369. The number of likely N-dealkylation sites (N-methyl/N-ethyl adjacent to an activating group) is 1. The molecule has 7 nitrogen and oxygen atoms in total. The van der Waals surface area contributed by atoms with Gasteiger partial charge in [0.15, 0.2) is 0 Å². The molecular weight excluding hydrogens is 453 g/mol. The van der Waals surface area contributed by atoms with Crippen molar-refractivity contribution in [2.75, 3.05) is 7.05 Å². The Morgan fingerprint density at radius 2 is 1.88 bits per heavy atom. The summed E-state index contributed by atoms with van der Waals surface area (Å²) in [5, 5.41) is 2.60. The highest BCUT2D eigenvalue weighted by atomic mass is 31.2. The van der Waals surface area contributed by atoms with Gasteiger partial charge in [-0.15, -0.1) is 0 Å². The third-order valence-corrected chi connectivity index (χ3v) is 9.67. The first-order chi connectivity index (χ1) is 15.7. The van der Waals surface area contributed by atoms with E-state index in [1.807, 2.05) is 12.1 Å². The first-order valence-corrected chi connectivity index (χ1v) is 13.7. The summed E-state index contributed by atoms with van der Waals surface area (Å²) in [5.74, 6) is 0.949. The van der Waals surface area contributed by atoms with E-state index in [-0.39, 0.29) is 10.8 Å². The van der Waals surface area contributed by atoms with Gasteiger partial charge >= 0.3 is 5.97 Å². The topological polar surface area (TPSA) is 111 Å². The van der Waals surface area contributed by atoms with Crippen LogP contribution in [0.15, 0.2) is 12.1 Å². The monoisotopic (exact) mass is 490 g/mol. The molecule has 1 radical (unpaired) electrons. The van der Waals surface area contributed by atoms with Crippen molar-refractivity contribution in [3.63, 3.8) is 0 Å². The minimum atomic E-state index is -5.23. The molecule has 1 N–H and O–H groups in total. The molecule has 4 rings (SSSR count). The van der Waals surface area contributed by atoms with E-state index >= 15 is 0 Å². The fourth-order valence-electron chi connectivity index (χ4n) is 8.05. The number of hydrogen-bond acceptors (Lipinski definition) is 7. The van der Waals surface area contributed by atoms with E-state index in [1.165, 1.54) is 50.3 Å². The van der Waals surface area contributed by atoms with Gasteiger partial charge in [0.25, 0.3) is 0 Å². The largest absolute Gasteiger partial charge is 0.790 e. The van der Waals surface area contributed by atoms with Crippen molar-refractivity contribution < 1.29 is 28.4 Å². The summed E-state index contributed by atoms with van der Waals surface area (Å²) >= 11 is 0. The van der Waals surface area contributed by atoms with Crippen molar-refractivity contribution in [1.29, 1.82) is 0 Å². The van der Waals surface area contributed by atoms with Crippen molar-refractivity contribution in [3.8, 4) is 5.75 Å². The summed E-state index contributed by atoms with van der Waals surface area (Å²) in [4.78, 5) is 34.1. The molecule has 3 aliphatic carbocycles. The Labute approximate surface area is 203 Å². The summed E-state index contributed by atoms with van der Waals surface area (Å²) in [7, 11) is -3.77. The number of hydrogen-bond donors (Lipinski definition) is 1. The molecule has 0 bridgehead atoms. The van der Waals surface area contributed by atoms with Crippen LogP contribution in [-0.2, 0) is 25.7 Å². The molecule has 1 aromatic carbocycles. The molecular formula is C26H37NO6P-2. The number of benzene rings is 1. The number of carbonyl (C=O) groups excluding carboxylic acids is 1. The lowest BCUT2D eigenvalue weighted by Crippen LogP contribution is -2.55. The van der Waals surface area contributed by atoms with Gasteiger partial charge in [-0.2, -0.15) is 0 Å². The fourth-order valence-corrected chi connectivity index (χ4v) is 8.32. The van der Waals surface area contributed by atoms with E-state index < -0.39 is 19.8 Å². The number of esters is 1. The van der Waals surface area contributed by atoms with Crippen LogP contribution < -0.4 is 19.8 Å². The van der Waals surface area contributed by atoms with Gasteiger partial charge in [-0.1, -0.05) is 34.1 Å². The Bertz CT molecular complexity index is 1020. The average Bonchev–Trinajstić information content (AvgIpc) is 3.01. The molecule has 3 aliphatic rings. The predicted molar refractivity (Wildman–Crippen MR) is 126 cm³/mol. The lowest BCUT2D eigenvalue weighted by molar-refractivity contribution is -0.339. The lowest BCUT2D eigenvalue weighted by Gasteiger charge is -2.61. The second kappa shape index (κ2) is 8.70. The number of phosphoric acid groups is 1. The molecule has 0 spiro atoms. The normalized spacial score (nSPS) is 32.9. The summed E-state index contributed by atoms with van der Waals surface area (Å²) in [6.45, 7) is 12.6. The third-order valence-electron chi connectivity index (χ3n) is 9.29. The highest BCUT2D eigenvalue weighted by Gasteiger charge is 2.61. The Hall–Kier alpha value is -1.24. The minimum Gasteiger partial charge on any atom is -0.790 e. The molecule has 2 saturated carbocycles. The molecule has 0 saturated heterocycles. The number of nitrogens with one attached hydrogen (secondary N) is 1. The zero-order chi connectivity index (χ0) is 25.1. The van der Waals surface area contributed by atoms with Gasteiger partial charge in [-0.05, 0) is 103 Å². The molecule has 0 heterocycles. The van der Waals surface area contributed by atoms with Crippen molar-refractivity contribution in [1.82, 2.24) is 5.32 Å². The van der Waals surface area contributed by atoms with Crippen molar-refractivity contribution in [3.05, 3.63) is 35.4 Å². The van der Waals surface area contributed by atoms with E-state index in [2.05, 4.69) is 44.5 Å². The minimum absolute atomic E-state index is 0.110. The fraction of sp³-hybridized carbons (Fsp3) is 0.692. The van der Waals surface area contributed by atoms with Crippen LogP contribution in [0.1, 0.15) is 76.5 Å². The van der Waals surface area contributed by atoms with Crippen LogP contribution in [0.25, 0.3) is 0 Å². The molecule has 0 aliphatic heterocycles. The van der Waals surface area contributed by atoms with E-state index in [1.54, 1.807) is 0 Å². The van der Waals surface area contributed by atoms with Crippen LogP contribution in [0.3, 0.4) is 0 Å². The second-order valence-electron chi connectivity index (χ2n) is 11.8. The van der Waals surface area contributed by atoms with Crippen LogP contribution in [0, 0.1) is 36.2 Å². The zero-order valence-corrected chi connectivity index (χ0v) is 22.0. The molecule has 189 valence electrons. The Morgan fingerprint density at radius 1 is 1.18 bits per heavy atom. The molecule has 2 fully saturated rings. The van der Waals surface area contributed by atoms with Crippen molar-refractivity contribution in [2.24, 2.45) is 22.7 Å². The van der Waals surface area contributed by atoms with E-state index in [4.69, 9.17) is 4.74 Å².